The van der Waals surface area contributed by atoms with Gasteiger partial charge in [-0.3, -0.25) is 19.1 Å². The van der Waals surface area contributed by atoms with Gasteiger partial charge in [0.1, 0.15) is 5.82 Å². The third-order valence-electron chi connectivity index (χ3n) is 8.76. The Morgan fingerprint density at radius 2 is 1.84 bits per heavy atom. The van der Waals surface area contributed by atoms with E-state index >= 15 is 0 Å². The fourth-order valence-electron chi connectivity index (χ4n) is 5.94. The average molecular weight is 638 g/mol. The second-order valence-electron chi connectivity index (χ2n) is 12.2. The molecule has 2 aliphatic rings. The zero-order valence-corrected chi connectivity index (χ0v) is 24.7. The summed E-state index contributed by atoms with van der Waals surface area (Å²) in [6.45, 7) is 2.18. The molecule has 0 spiro atoms. The van der Waals surface area contributed by atoms with Crippen molar-refractivity contribution < 1.29 is 36.3 Å². The lowest BCUT2D eigenvalue weighted by Gasteiger charge is -2.33. The van der Waals surface area contributed by atoms with E-state index in [0.717, 1.165) is 19.3 Å². The molecule has 3 amide bonds. The minimum Gasteiger partial charge on any atom is -0.364 e. The SMILES string of the molecule is C[C@@H](NC(=O)CCC(F)(F)F)c1ccc2nc([C@@H](NC(=O)c3cn(CC4CCC4)nc3C(N)=O)C3CCC(F)(F)CC3)[nH]c2c1. The molecule has 45 heavy (non-hydrogen) atoms. The lowest BCUT2D eigenvalue weighted by atomic mass is 9.81. The van der Waals surface area contributed by atoms with Gasteiger partial charge in [0.15, 0.2) is 5.69 Å². The summed E-state index contributed by atoms with van der Waals surface area (Å²) in [7, 11) is 0. The number of fused-ring (bicyclic) bond motifs is 1. The van der Waals surface area contributed by atoms with Crippen molar-refractivity contribution in [2.45, 2.75) is 95.4 Å². The summed E-state index contributed by atoms with van der Waals surface area (Å²) < 4.78 is 67.2. The third kappa shape index (κ3) is 7.98. The van der Waals surface area contributed by atoms with E-state index in [1.54, 1.807) is 29.8 Å². The molecule has 2 atom stereocenters. The van der Waals surface area contributed by atoms with Gasteiger partial charge in [-0.15, -0.1) is 0 Å². The maximum Gasteiger partial charge on any atom is 0.389 e. The van der Waals surface area contributed by atoms with Crippen LogP contribution in [0.25, 0.3) is 11.0 Å². The Hall–Kier alpha value is -4.04. The Labute approximate surface area is 255 Å². The van der Waals surface area contributed by atoms with Gasteiger partial charge in [0.25, 0.3) is 11.8 Å². The van der Waals surface area contributed by atoms with Crippen molar-refractivity contribution in [3.63, 3.8) is 0 Å². The number of aromatic amines is 1. The maximum absolute atomic E-state index is 14.1. The van der Waals surface area contributed by atoms with E-state index in [1.807, 2.05) is 0 Å². The molecule has 0 unspecified atom stereocenters. The summed E-state index contributed by atoms with van der Waals surface area (Å²) in [6.07, 6.45) is -2.19. The zero-order chi connectivity index (χ0) is 32.5. The molecule has 0 aliphatic heterocycles. The lowest BCUT2D eigenvalue weighted by Crippen LogP contribution is -2.38. The molecule has 0 radical (unpaired) electrons. The number of hydrogen-bond donors (Lipinski definition) is 4. The molecule has 2 aliphatic carbocycles. The van der Waals surface area contributed by atoms with E-state index in [2.05, 4.69) is 25.7 Å². The van der Waals surface area contributed by atoms with Crippen molar-refractivity contribution in [3.8, 4) is 0 Å². The number of H-pyrrole nitrogens is 1. The van der Waals surface area contributed by atoms with Crippen molar-refractivity contribution in [2.24, 2.45) is 17.6 Å². The number of nitrogens with one attached hydrogen (secondary N) is 3. The van der Waals surface area contributed by atoms with Crippen molar-refractivity contribution >= 4 is 28.8 Å². The second-order valence-corrected chi connectivity index (χ2v) is 12.2. The number of halogens is 5. The first-order valence-corrected chi connectivity index (χ1v) is 15.1. The van der Waals surface area contributed by atoms with Gasteiger partial charge in [0, 0.05) is 32.0 Å². The summed E-state index contributed by atoms with van der Waals surface area (Å²) >= 11 is 0. The van der Waals surface area contributed by atoms with E-state index < -0.39 is 60.7 Å². The molecule has 3 aromatic rings. The summed E-state index contributed by atoms with van der Waals surface area (Å²) in [5, 5.41) is 9.70. The zero-order valence-electron chi connectivity index (χ0n) is 24.7. The minimum atomic E-state index is -4.44. The number of primary amides is 1. The van der Waals surface area contributed by atoms with Crippen LogP contribution in [0, 0.1) is 11.8 Å². The fraction of sp³-hybridized carbons (Fsp3) is 0.567. The van der Waals surface area contributed by atoms with Crippen LogP contribution in [0.3, 0.4) is 0 Å². The number of amides is 3. The Balaban J connectivity index is 1.38. The quantitative estimate of drug-likeness (QED) is 0.206. The molecule has 5 N–H and O–H groups in total. The first-order chi connectivity index (χ1) is 21.2. The third-order valence-corrected chi connectivity index (χ3v) is 8.76. The van der Waals surface area contributed by atoms with Gasteiger partial charge in [-0.05, 0) is 62.1 Å². The summed E-state index contributed by atoms with van der Waals surface area (Å²) in [4.78, 5) is 45.6. The van der Waals surface area contributed by atoms with Crippen LogP contribution in [-0.2, 0) is 11.3 Å². The number of benzene rings is 1. The van der Waals surface area contributed by atoms with Crippen LogP contribution in [-0.4, -0.2) is 49.6 Å². The maximum atomic E-state index is 14.1. The summed E-state index contributed by atoms with van der Waals surface area (Å²) in [5.74, 6) is -4.74. The molecule has 244 valence electrons. The molecule has 0 bridgehead atoms. The Bertz CT molecular complexity index is 1550. The molecular weight excluding hydrogens is 601 g/mol. The first kappa shape index (κ1) is 32.4. The number of rotatable bonds is 11. The van der Waals surface area contributed by atoms with E-state index in [9.17, 15) is 36.3 Å². The highest BCUT2D eigenvalue weighted by Crippen LogP contribution is 2.41. The van der Waals surface area contributed by atoms with E-state index in [-0.39, 0.29) is 36.9 Å². The molecular formula is C30H36F5N7O3. The smallest absolute Gasteiger partial charge is 0.364 e. The number of alkyl halides is 5. The van der Waals surface area contributed by atoms with Crippen LogP contribution < -0.4 is 16.4 Å². The molecule has 2 aromatic heterocycles. The normalized spacial score (nSPS) is 18.7. The van der Waals surface area contributed by atoms with Gasteiger partial charge in [-0.2, -0.15) is 18.3 Å². The largest absolute Gasteiger partial charge is 0.389 e. The predicted octanol–water partition coefficient (Wildman–Crippen LogP) is 5.47. The average Bonchev–Trinajstić information content (AvgIpc) is 3.56. The molecule has 2 saturated carbocycles. The number of aromatic nitrogens is 4. The summed E-state index contributed by atoms with van der Waals surface area (Å²) in [6, 6.07) is 3.59. The van der Waals surface area contributed by atoms with Crippen molar-refractivity contribution in [2.75, 3.05) is 0 Å². The first-order valence-electron chi connectivity index (χ1n) is 15.1. The van der Waals surface area contributed by atoms with Crippen molar-refractivity contribution in [1.29, 1.82) is 0 Å². The predicted molar refractivity (Wildman–Crippen MR) is 153 cm³/mol. The number of carbonyl (C=O) groups excluding carboxylic acids is 3. The van der Waals surface area contributed by atoms with Crippen LogP contribution in [0.5, 0.6) is 0 Å². The molecule has 2 fully saturated rings. The van der Waals surface area contributed by atoms with Gasteiger partial charge in [0.05, 0.1) is 35.1 Å². The lowest BCUT2D eigenvalue weighted by molar-refractivity contribution is -0.144. The van der Waals surface area contributed by atoms with Crippen molar-refractivity contribution in [1.82, 2.24) is 30.4 Å². The van der Waals surface area contributed by atoms with Crippen LogP contribution in [0.4, 0.5) is 22.0 Å². The monoisotopic (exact) mass is 637 g/mol. The molecule has 1 aromatic carbocycles. The standard InChI is InChI=1S/C30H36F5N7O3/c1-16(37-23(43)9-12-30(33,34)35)19-5-6-21-22(13-19)39-27(38-21)24(18-7-10-29(31,32)11-8-18)40-28(45)20-15-42(14-17-3-2-4-17)41-25(20)26(36)44/h5-6,13,15-18,24H,2-4,7-12,14H2,1H3,(H2,36,44)(H,37,43)(H,38,39)(H,40,45)/t16-,24+/m1/s1. The van der Waals surface area contributed by atoms with Gasteiger partial charge in [0.2, 0.25) is 11.8 Å². The van der Waals surface area contributed by atoms with Crippen LogP contribution >= 0.6 is 0 Å². The van der Waals surface area contributed by atoms with Crippen LogP contribution in [0.1, 0.15) is 109 Å². The number of imidazole rings is 1. The molecule has 5 rings (SSSR count). The highest BCUT2D eigenvalue weighted by atomic mass is 19.4. The molecule has 2 heterocycles. The van der Waals surface area contributed by atoms with Crippen LogP contribution in [0.15, 0.2) is 24.4 Å². The second kappa shape index (κ2) is 12.8. The van der Waals surface area contributed by atoms with Crippen LogP contribution in [0.2, 0.25) is 0 Å². The number of nitrogens with two attached hydrogens (primary N) is 1. The van der Waals surface area contributed by atoms with Gasteiger partial charge in [-0.25, -0.2) is 13.8 Å². The fourth-order valence-corrected chi connectivity index (χ4v) is 5.94. The van der Waals surface area contributed by atoms with Gasteiger partial charge >= 0.3 is 6.18 Å². The highest BCUT2D eigenvalue weighted by Gasteiger charge is 2.40. The number of hydrogen-bond acceptors (Lipinski definition) is 5. The Morgan fingerprint density at radius 3 is 2.47 bits per heavy atom. The molecule has 0 saturated heterocycles. The van der Waals surface area contributed by atoms with E-state index in [1.165, 1.54) is 6.20 Å². The minimum absolute atomic E-state index is 0.0125. The molecule has 10 nitrogen and oxygen atoms in total. The Kier molecular flexibility index (Phi) is 9.17. The van der Waals surface area contributed by atoms with Crippen molar-refractivity contribution in [3.05, 3.63) is 47.0 Å². The van der Waals surface area contributed by atoms with Gasteiger partial charge < -0.3 is 21.4 Å². The highest BCUT2D eigenvalue weighted by molar-refractivity contribution is 6.05. The number of carbonyl (C=O) groups is 3. The topological polar surface area (TPSA) is 148 Å². The Morgan fingerprint density at radius 1 is 1.13 bits per heavy atom. The summed E-state index contributed by atoms with van der Waals surface area (Å²) in [5.41, 5.74) is 6.96. The molecule has 15 heteroatoms. The van der Waals surface area contributed by atoms with E-state index in [0.29, 0.717) is 34.9 Å². The number of nitrogens with zero attached hydrogens (tertiary/aromatic N) is 3. The van der Waals surface area contributed by atoms with Gasteiger partial charge in [-0.1, -0.05) is 12.5 Å². The van der Waals surface area contributed by atoms with E-state index in [4.69, 9.17) is 5.73 Å².